The van der Waals surface area contributed by atoms with Crippen molar-refractivity contribution in [1.29, 1.82) is 0 Å². The van der Waals surface area contributed by atoms with E-state index in [9.17, 15) is 4.79 Å². The summed E-state index contributed by atoms with van der Waals surface area (Å²) in [6, 6.07) is 13.7. The van der Waals surface area contributed by atoms with Gasteiger partial charge < -0.3 is 14.8 Å². The molecule has 25 heavy (non-hydrogen) atoms. The highest BCUT2D eigenvalue weighted by Gasteiger charge is 2.19. The zero-order chi connectivity index (χ0) is 18.2. The lowest BCUT2D eigenvalue weighted by molar-refractivity contribution is -0.128. The largest absolute Gasteiger partial charge is 0.494 e. The molecular weight excluding hydrogens is 314 g/mol. The van der Waals surface area contributed by atoms with Crippen LogP contribution in [0.3, 0.4) is 0 Å². The molecule has 0 bridgehead atoms. The molecule has 1 amide bonds. The van der Waals surface area contributed by atoms with Crippen molar-refractivity contribution in [3.63, 3.8) is 0 Å². The Morgan fingerprint density at radius 2 is 1.84 bits per heavy atom. The van der Waals surface area contributed by atoms with E-state index in [1.165, 1.54) is 5.56 Å². The first kappa shape index (κ1) is 18.8. The fraction of sp³-hybridized carbons (Fsp3) is 0.381. The summed E-state index contributed by atoms with van der Waals surface area (Å²) in [5.74, 6) is 1.43. The second kappa shape index (κ2) is 9.11. The van der Waals surface area contributed by atoms with Crippen LogP contribution in [0.15, 0.2) is 42.5 Å². The number of hydrogen-bond donors (Lipinski definition) is 1. The summed E-state index contributed by atoms with van der Waals surface area (Å²) in [5.41, 5.74) is 3.17. The minimum absolute atomic E-state index is 0.117. The van der Waals surface area contributed by atoms with Gasteiger partial charge in [-0.15, -0.1) is 0 Å². The van der Waals surface area contributed by atoms with E-state index in [4.69, 9.17) is 9.47 Å². The molecule has 0 aromatic heterocycles. The normalized spacial score (nSPS) is 11.7. The van der Waals surface area contributed by atoms with Crippen LogP contribution in [0, 0.1) is 13.8 Å². The topological polar surface area (TPSA) is 47.6 Å². The average molecular weight is 341 g/mol. The first-order valence-corrected chi connectivity index (χ1v) is 8.77. The first-order valence-electron chi connectivity index (χ1n) is 8.77. The van der Waals surface area contributed by atoms with Gasteiger partial charge in [0.1, 0.15) is 11.5 Å². The van der Waals surface area contributed by atoms with Gasteiger partial charge in [-0.2, -0.15) is 0 Å². The number of carbonyl (C=O) groups is 1. The fourth-order valence-electron chi connectivity index (χ4n) is 2.65. The minimum atomic E-state index is -0.513. The van der Waals surface area contributed by atoms with Gasteiger partial charge >= 0.3 is 0 Å². The standard InChI is InChI=1S/C21H27NO3/c1-5-18(25-19-12-11-15(3)13-16(19)4)21(23)22-14-17-9-7-8-10-20(17)24-6-2/h7-13,18H,5-6,14H2,1-4H3,(H,22,23)/t18-/m0/s1. The summed E-state index contributed by atoms with van der Waals surface area (Å²) in [5, 5.41) is 2.96. The van der Waals surface area contributed by atoms with Crippen molar-refractivity contribution in [3.05, 3.63) is 59.2 Å². The quantitative estimate of drug-likeness (QED) is 0.784. The summed E-state index contributed by atoms with van der Waals surface area (Å²) in [4.78, 5) is 12.5. The molecule has 0 spiro atoms. The molecule has 0 heterocycles. The molecular formula is C21H27NO3. The number of hydrogen-bond acceptors (Lipinski definition) is 3. The molecule has 2 rings (SSSR count). The molecule has 0 aliphatic carbocycles. The Bertz CT molecular complexity index is 712. The summed E-state index contributed by atoms with van der Waals surface area (Å²) < 4.78 is 11.5. The third kappa shape index (κ3) is 5.24. The van der Waals surface area contributed by atoms with Gasteiger partial charge in [0, 0.05) is 12.1 Å². The Kier molecular flexibility index (Phi) is 6.87. The lowest BCUT2D eigenvalue weighted by atomic mass is 10.1. The van der Waals surface area contributed by atoms with Crippen LogP contribution in [-0.4, -0.2) is 18.6 Å². The predicted octanol–water partition coefficient (Wildman–Crippen LogP) is 4.18. The number of benzene rings is 2. The van der Waals surface area contributed by atoms with Crippen molar-refractivity contribution in [2.45, 2.75) is 46.8 Å². The number of aryl methyl sites for hydroxylation is 2. The zero-order valence-electron chi connectivity index (χ0n) is 15.5. The number of ether oxygens (including phenoxy) is 2. The average Bonchev–Trinajstić information content (AvgIpc) is 2.60. The molecule has 0 saturated carbocycles. The van der Waals surface area contributed by atoms with Crippen LogP contribution >= 0.6 is 0 Å². The molecule has 1 atom stereocenters. The van der Waals surface area contributed by atoms with Crippen LogP contribution in [-0.2, 0) is 11.3 Å². The smallest absolute Gasteiger partial charge is 0.261 e. The predicted molar refractivity (Wildman–Crippen MR) is 100 cm³/mol. The van der Waals surface area contributed by atoms with Crippen LogP contribution in [0.25, 0.3) is 0 Å². The lowest BCUT2D eigenvalue weighted by Crippen LogP contribution is -2.37. The molecule has 1 N–H and O–H groups in total. The molecule has 0 fully saturated rings. The van der Waals surface area contributed by atoms with Gasteiger partial charge in [0.05, 0.1) is 6.61 Å². The van der Waals surface area contributed by atoms with Gasteiger partial charge in [-0.3, -0.25) is 4.79 Å². The van der Waals surface area contributed by atoms with Gasteiger partial charge in [0.15, 0.2) is 6.10 Å². The van der Waals surface area contributed by atoms with Crippen LogP contribution in [0.4, 0.5) is 0 Å². The second-order valence-electron chi connectivity index (χ2n) is 6.04. The van der Waals surface area contributed by atoms with Crippen molar-refractivity contribution < 1.29 is 14.3 Å². The van der Waals surface area contributed by atoms with E-state index in [0.29, 0.717) is 19.6 Å². The highest BCUT2D eigenvalue weighted by Crippen LogP contribution is 2.21. The Morgan fingerprint density at radius 1 is 1.08 bits per heavy atom. The monoisotopic (exact) mass is 341 g/mol. The molecule has 134 valence electrons. The molecule has 2 aromatic rings. The third-order valence-electron chi connectivity index (χ3n) is 3.99. The number of para-hydroxylation sites is 1. The summed E-state index contributed by atoms with van der Waals surface area (Å²) in [6.07, 6.45) is 0.0902. The van der Waals surface area contributed by atoms with Gasteiger partial charge in [0.2, 0.25) is 0 Å². The van der Waals surface area contributed by atoms with E-state index in [1.807, 2.05) is 64.1 Å². The van der Waals surface area contributed by atoms with E-state index >= 15 is 0 Å². The van der Waals surface area contributed by atoms with Crippen molar-refractivity contribution in [2.75, 3.05) is 6.61 Å². The van der Waals surface area contributed by atoms with E-state index in [0.717, 1.165) is 22.6 Å². The first-order chi connectivity index (χ1) is 12.0. The third-order valence-corrected chi connectivity index (χ3v) is 3.99. The molecule has 4 nitrogen and oxygen atoms in total. The van der Waals surface area contributed by atoms with E-state index in [1.54, 1.807) is 0 Å². The summed E-state index contributed by atoms with van der Waals surface area (Å²) in [7, 11) is 0. The molecule has 0 aliphatic heterocycles. The van der Waals surface area contributed by atoms with Crippen LogP contribution in [0.2, 0.25) is 0 Å². The number of rotatable bonds is 8. The van der Waals surface area contributed by atoms with Gasteiger partial charge in [-0.1, -0.05) is 42.8 Å². The van der Waals surface area contributed by atoms with Gasteiger partial charge in [-0.05, 0) is 44.9 Å². The highest BCUT2D eigenvalue weighted by molar-refractivity contribution is 5.81. The van der Waals surface area contributed by atoms with Crippen molar-refractivity contribution in [1.82, 2.24) is 5.32 Å². The van der Waals surface area contributed by atoms with Gasteiger partial charge in [0.25, 0.3) is 5.91 Å². The molecule has 2 aromatic carbocycles. The van der Waals surface area contributed by atoms with Gasteiger partial charge in [-0.25, -0.2) is 0 Å². The lowest BCUT2D eigenvalue weighted by Gasteiger charge is -2.19. The van der Waals surface area contributed by atoms with Crippen LogP contribution in [0.1, 0.15) is 37.0 Å². The molecule has 0 aliphatic rings. The SMILES string of the molecule is CCOc1ccccc1CNC(=O)[C@H](CC)Oc1ccc(C)cc1C. The van der Waals surface area contributed by atoms with E-state index in [-0.39, 0.29) is 5.91 Å². The summed E-state index contributed by atoms with van der Waals surface area (Å²) >= 11 is 0. The van der Waals surface area contributed by atoms with Crippen LogP contribution in [0.5, 0.6) is 11.5 Å². The Labute approximate surface area is 150 Å². The van der Waals surface area contributed by atoms with Crippen LogP contribution < -0.4 is 14.8 Å². The maximum Gasteiger partial charge on any atom is 0.261 e. The molecule has 0 unspecified atom stereocenters. The zero-order valence-corrected chi connectivity index (χ0v) is 15.5. The van der Waals surface area contributed by atoms with Crippen molar-refractivity contribution in [3.8, 4) is 11.5 Å². The minimum Gasteiger partial charge on any atom is -0.494 e. The molecule has 0 radical (unpaired) electrons. The van der Waals surface area contributed by atoms with Crippen molar-refractivity contribution >= 4 is 5.91 Å². The number of carbonyl (C=O) groups excluding carboxylic acids is 1. The second-order valence-corrected chi connectivity index (χ2v) is 6.04. The Balaban J connectivity index is 2.00. The maximum atomic E-state index is 12.5. The fourth-order valence-corrected chi connectivity index (χ4v) is 2.65. The van der Waals surface area contributed by atoms with E-state index < -0.39 is 6.10 Å². The Morgan fingerprint density at radius 3 is 2.52 bits per heavy atom. The van der Waals surface area contributed by atoms with Crippen molar-refractivity contribution in [2.24, 2.45) is 0 Å². The molecule has 4 heteroatoms. The highest BCUT2D eigenvalue weighted by atomic mass is 16.5. The Hall–Kier alpha value is -2.49. The number of amides is 1. The maximum absolute atomic E-state index is 12.5. The molecule has 0 saturated heterocycles. The van der Waals surface area contributed by atoms with E-state index in [2.05, 4.69) is 11.4 Å². The number of nitrogens with one attached hydrogen (secondary N) is 1. The summed E-state index contributed by atoms with van der Waals surface area (Å²) in [6.45, 7) is 8.93.